The van der Waals surface area contributed by atoms with Crippen LogP contribution in [0.4, 0.5) is 4.39 Å². The summed E-state index contributed by atoms with van der Waals surface area (Å²) >= 11 is 3.34. The molecule has 1 aliphatic carbocycles. The average molecular weight is 310 g/mol. The van der Waals surface area contributed by atoms with Crippen LogP contribution in [0, 0.1) is 5.82 Å². The Labute approximate surface area is 113 Å². The van der Waals surface area contributed by atoms with Gasteiger partial charge in [-0.2, -0.15) is 0 Å². The van der Waals surface area contributed by atoms with Gasteiger partial charge in [-0.25, -0.2) is 4.39 Å². The van der Waals surface area contributed by atoms with Crippen molar-refractivity contribution in [3.05, 3.63) is 46.4 Å². The molecule has 0 aliphatic heterocycles. The van der Waals surface area contributed by atoms with Crippen LogP contribution in [0.25, 0.3) is 11.3 Å². The number of hydrogen-bond donors (Lipinski definition) is 1. The molecule has 2 aromatic rings. The second-order valence-corrected chi connectivity index (χ2v) is 5.46. The number of halogens is 2. The Kier molecular flexibility index (Phi) is 3.22. The number of hydrogen-bond acceptors (Lipinski definition) is 2. The van der Waals surface area contributed by atoms with E-state index in [2.05, 4.69) is 21.2 Å². The molecule has 2 nitrogen and oxygen atoms in total. The summed E-state index contributed by atoms with van der Waals surface area (Å²) in [5.41, 5.74) is 0.488. The Morgan fingerprint density at radius 3 is 2.89 bits per heavy atom. The third-order valence-electron chi connectivity index (χ3n) is 3.00. The summed E-state index contributed by atoms with van der Waals surface area (Å²) in [6.45, 7) is 0.709. The van der Waals surface area contributed by atoms with Gasteiger partial charge in [0.05, 0.1) is 12.1 Å². The SMILES string of the molecule is Fc1ccc(Br)cc1-c1ccc(CNC2CC2)o1. The van der Waals surface area contributed by atoms with E-state index in [4.69, 9.17) is 4.42 Å². The van der Waals surface area contributed by atoms with E-state index in [1.54, 1.807) is 12.1 Å². The Morgan fingerprint density at radius 1 is 1.28 bits per heavy atom. The van der Waals surface area contributed by atoms with Crippen molar-refractivity contribution >= 4 is 15.9 Å². The zero-order valence-electron chi connectivity index (χ0n) is 9.75. The van der Waals surface area contributed by atoms with Crippen molar-refractivity contribution < 1.29 is 8.81 Å². The maximum absolute atomic E-state index is 13.7. The lowest BCUT2D eigenvalue weighted by Gasteiger charge is -2.01. The fraction of sp³-hybridized carbons (Fsp3) is 0.286. The van der Waals surface area contributed by atoms with Crippen LogP contribution in [0.2, 0.25) is 0 Å². The molecule has 1 saturated carbocycles. The smallest absolute Gasteiger partial charge is 0.137 e. The molecule has 1 fully saturated rings. The second-order valence-electron chi connectivity index (χ2n) is 4.55. The predicted octanol–water partition coefficient (Wildman–Crippen LogP) is 4.10. The summed E-state index contributed by atoms with van der Waals surface area (Å²) < 4.78 is 20.2. The molecule has 1 aliphatic rings. The molecular weight excluding hydrogens is 297 g/mol. The minimum absolute atomic E-state index is 0.269. The first kappa shape index (κ1) is 11.9. The first-order chi connectivity index (χ1) is 8.72. The highest BCUT2D eigenvalue weighted by molar-refractivity contribution is 9.10. The van der Waals surface area contributed by atoms with Crippen LogP contribution >= 0.6 is 15.9 Å². The Balaban J connectivity index is 1.80. The van der Waals surface area contributed by atoms with Gasteiger partial charge in [-0.3, -0.25) is 0 Å². The first-order valence-electron chi connectivity index (χ1n) is 6.00. The summed E-state index contributed by atoms with van der Waals surface area (Å²) in [6, 6.07) is 9.19. The Morgan fingerprint density at radius 2 is 2.11 bits per heavy atom. The fourth-order valence-corrected chi connectivity index (χ4v) is 2.20. The van der Waals surface area contributed by atoms with Crippen molar-refractivity contribution in [2.75, 3.05) is 0 Å². The molecule has 0 spiro atoms. The number of benzene rings is 1. The lowest BCUT2D eigenvalue weighted by molar-refractivity contribution is 0.489. The standard InChI is InChI=1S/C14H13BrFNO/c15-9-1-5-13(16)12(7-9)14-6-4-11(18-14)8-17-10-2-3-10/h1,4-7,10,17H,2-3,8H2. The molecule has 0 atom stereocenters. The lowest BCUT2D eigenvalue weighted by atomic mass is 10.1. The van der Waals surface area contributed by atoms with Gasteiger partial charge < -0.3 is 9.73 Å². The van der Waals surface area contributed by atoms with Gasteiger partial charge >= 0.3 is 0 Å². The van der Waals surface area contributed by atoms with Gasteiger partial charge in [0.15, 0.2) is 0 Å². The Bertz CT molecular complexity index is 563. The highest BCUT2D eigenvalue weighted by Gasteiger charge is 2.20. The van der Waals surface area contributed by atoms with E-state index in [0.29, 0.717) is 23.9 Å². The second kappa shape index (κ2) is 4.86. The van der Waals surface area contributed by atoms with Crippen LogP contribution in [0.1, 0.15) is 18.6 Å². The van der Waals surface area contributed by atoms with Crippen molar-refractivity contribution in [3.63, 3.8) is 0 Å². The topological polar surface area (TPSA) is 25.2 Å². The third kappa shape index (κ3) is 2.65. The molecular formula is C14H13BrFNO. The number of nitrogens with one attached hydrogen (secondary N) is 1. The normalized spacial score (nSPS) is 15.0. The maximum atomic E-state index is 13.7. The highest BCUT2D eigenvalue weighted by atomic mass is 79.9. The molecule has 0 amide bonds. The average Bonchev–Trinajstić information content (AvgIpc) is 3.08. The van der Waals surface area contributed by atoms with Crippen LogP contribution in [0.15, 0.2) is 39.2 Å². The van der Waals surface area contributed by atoms with Crippen LogP contribution in [-0.2, 0) is 6.54 Å². The summed E-state index contributed by atoms with van der Waals surface area (Å²) in [5, 5.41) is 3.37. The van der Waals surface area contributed by atoms with E-state index in [1.807, 2.05) is 12.1 Å². The Hall–Kier alpha value is -1.13. The van der Waals surface area contributed by atoms with E-state index in [0.717, 1.165) is 10.2 Å². The zero-order valence-corrected chi connectivity index (χ0v) is 11.3. The molecule has 0 saturated heterocycles. The molecule has 18 heavy (non-hydrogen) atoms. The molecule has 1 heterocycles. The van der Waals surface area contributed by atoms with E-state index in [1.165, 1.54) is 18.9 Å². The van der Waals surface area contributed by atoms with Gasteiger partial charge in [0.1, 0.15) is 17.3 Å². The first-order valence-corrected chi connectivity index (χ1v) is 6.79. The van der Waals surface area contributed by atoms with Crippen molar-refractivity contribution in [3.8, 4) is 11.3 Å². The van der Waals surface area contributed by atoms with E-state index in [9.17, 15) is 4.39 Å². The number of rotatable bonds is 4. The van der Waals surface area contributed by atoms with Crippen molar-refractivity contribution in [1.82, 2.24) is 5.32 Å². The summed E-state index contributed by atoms with van der Waals surface area (Å²) in [5.74, 6) is 1.15. The van der Waals surface area contributed by atoms with E-state index in [-0.39, 0.29) is 5.82 Å². The molecule has 0 unspecified atom stereocenters. The summed E-state index contributed by atoms with van der Waals surface area (Å²) in [4.78, 5) is 0. The highest BCUT2D eigenvalue weighted by Crippen LogP contribution is 2.28. The molecule has 4 heteroatoms. The van der Waals surface area contributed by atoms with Gasteiger partial charge in [0.2, 0.25) is 0 Å². The molecule has 3 rings (SSSR count). The largest absolute Gasteiger partial charge is 0.460 e. The van der Waals surface area contributed by atoms with Crippen LogP contribution < -0.4 is 5.32 Å². The maximum Gasteiger partial charge on any atom is 0.137 e. The van der Waals surface area contributed by atoms with E-state index >= 15 is 0 Å². The van der Waals surface area contributed by atoms with Crippen molar-refractivity contribution in [1.29, 1.82) is 0 Å². The lowest BCUT2D eigenvalue weighted by Crippen LogP contribution is -2.14. The monoisotopic (exact) mass is 309 g/mol. The summed E-state index contributed by atoms with van der Waals surface area (Å²) in [6.07, 6.45) is 2.49. The molecule has 1 aromatic heterocycles. The summed E-state index contributed by atoms with van der Waals surface area (Å²) in [7, 11) is 0. The van der Waals surface area contributed by atoms with Gasteiger partial charge in [-0.15, -0.1) is 0 Å². The zero-order chi connectivity index (χ0) is 12.5. The fourth-order valence-electron chi connectivity index (χ4n) is 1.84. The van der Waals surface area contributed by atoms with Gasteiger partial charge in [-0.1, -0.05) is 15.9 Å². The van der Waals surface area contributed by atoms with Crippen LogP contribution in [0.5, 0.6) is 0 Å². The third-order valence-corrected chi connectivity index (χ3v) is 3.49. The van der Waals surface area contributed by atoms with Crippen LogP contribution in [-0.4, -0.2) is 6.04 Å². The minimum atomic E-state index is -0.269. The quantitative estimate of drug-likeness (QED) is 0.920. The molecule has 94 valence electrons. The minimum Gasteiger partial charge on any atom is -0.460 e. The molecule has 1 aromatic carbocycles. The van der Waals surface area contributed by atoms with Crippen molar-refractivity contribution in [2.24, 2.45) is 0 Å². The van der Waals surface area contributed by atoms with Gasteiger partial charge in [-0.05, 0) is 43.2 Å². The van der Waals surface area contributed by atoms with Gasteiger partial charge in [0, 0.05) is 10.5 Å². The van der Waals surface area contributed by atoms with Crippen LogP contribution in [0.3, 0.4) is 0 Å². The van der Waals surface area contributed by atoms with Gasteiger partial charge in [0.25, 0.3) is 0 Å². The van der Waals surface area contributed by atoms with Crippen molar-refractivity contribution in [2.45, 2.75) is 25.4 Å². The van der Waals surface area contributed by atoms with E-state index < -0.39 is 0 Å². The number of furan rings is 1. The predicted molar refractivity (Wildman–Crippen MR) is 71.7 cm³/mol. The molecule has 0 radical (unpaired) electrons. The molecule has 0 bridgehead atoms. The molecule has 1 N–H and O–H groups in total.